The van der Waals surface area contributed by atoms with Crippen LogP contribution >= 0.6 is 11.6 Å². The maximum absolute atomic E-state index is 6.06. The fraction of sp³-hybridized carbons (Fsp3) is 0.412. The first-order chi connectivity index (χ1) is 9.79. The van der Waals surface area contributed by atoms with E-state index in [1.54, 1.807) is 0 Å². The second kappa shape index (κ2) is 4.94. The molecule has 0 bridgehead atoms. The van der Waals surface area contributed by atoms with Crippen molar-refractivity contribution in [3.63, 3.8) is 0 Å². The van der Waals surface area contributed by atoms with Crippen LogP contribution in [0.25, 0.3) is 16.6 Å². The highest BCUT2D eigenvalue weighted by molar-refractivity contribution is 6.31. The summed E-state index contributed by atoms with van der Waals surface area (Å²) in [5.74, 6) is 0.986. The van der Waals surface area contributed by atoms with E-state index in [4.69, 9.17) is 11.6 Å². The van der Waals surface area contributed by atoms with Crippen molar-refractivity contribution in [1.29, 1.82) is 0 Å². The van der Waals surface area contributed by atoms with Gasteiger partial charge < -0.3 is 4.57 Å². The highest BCUT2D eigenvalue weighted by Gasteiger charge is 2.25. The number of nitrogens with zero attached hydrogens (tertiary/aromatic N) is 2. The van der Waals surface area contributed by atoms with Crippen molar-refractivity contribution >= 4 is 28.2 Å². The molecule has 0 N–H and O–H groups in total. The van der Waals surface area contributed by atoms with Crippen molar-refractivity contribution in [3.05, 3.63) is 41.6 Å². The fourth-order valence-electron chi connectivity index (χ4n) is 3.11. The zero-order chi connectivity index (χ0) is 13.5. The summed E-state index contributed by atoms with van der Waals surface area (Å²) in [6.45, 7) is 3.58. The molecule has 20 heavy (non-hydrogen) atoms. The lowest BCUT2D eigenvalue weighted by atomic mass is 10.1. The SMILES string of the molecule is Clc1ccc2c(ccn2C2=CCN(CC3CC3)CC2)c1. The molecule has 4 rings (SSSR count). The average molecular weight is 287 g/mol. The monoisotopic (exact) mass is 286 g/mol. The number of hydrogen-bond donors (Lipinski definition) is 0. The summed E-state index contributed by atoms with van der Waals surface area (Å²) < 4.78 is 2.32. The van der Waals surface area contributed by atoms with Gasteiger partial charge in [-0.25, -0.2) is 0 Å². The highest BCUT2D eigenvalue weighted by atomic mass is 35.5. The summed E-state index contributed by atoms with van der Waals surface area (Å²) in [7, 11) is 0. The van der Waals surface area contributed by atoms with Crippen LogP contribution in [-0.4, -0.2) is 29.1 Å². The Labute approximate surface area is 124 Å². The van der Waals surface area contributed by atoms with Crippen LogP contribution in [0, 0.1) is 5.92 Å². The van der Waals surface area contributed by atoms with Crippen LogP contribution in [0.3, 0.4) is 0 Å². The van der Waals surface area contributed by atoms with E-state index in [1.165, 1.54) is 42.5 Å². The van der Waals surface area contributed by atoms with Gasteiger partial charge in [-0.2, -0.15) is 0 Å². The Morgan fingerprint density at radius 2 is 2.10 bits per heavy atom. The molecule has 1 aromatic carbocycles. The van der Waals surface area contributed by atoms with Crippen molar-refractivity contribution in [1.82, 2.24) is 9.47 Å². The molecule has 1 fully saturated rings. The molecule has 1 aliphatic heterocycles. The first kappa shape index (κ1) is 12.5. The highest BCUT2D eigenvalue weighted by Crippen LogP contribution is 2.31. The van der Waals surface area contributed by atoms with Crippen LogP contribution in [-0.2, 0) is 0 Å². The van der Waals surface area contributed by atoms with Gasteiger partial charge in [0.1, 0.15) is 0 Å². The topological polar surface area (TPSA) is 8.17 Å². The lowest BCUT2D eigenvalue weighted by Gasteiger charge is -2.27. The molecule has 0 amide bonds. The summed E-state index contributed by atoms with van der Waals surface area (Å²) in [5.41, 5.74) is 2.69. The number of hydrogen-bond acceptors (Lipinski definition) is 1. The summed E-state index contributed by atoms with van der Waals surface area (Å²) in [4.78, 5) is 2.59. The minimum Gasteiger partial charge on any atom is -0.321 e. The summed E-state index contributed by atoms with van der Waals surface area (Å²) in [6.07, 6.45) is 8.58. The maximum atomic E-state index is 6.06. The lowest BCUT2D eigenvalue weighted by molar-refractivity contribution is 0.287. The van der Waals surface area contributed by atoms with Crippen molar-refractivity contribution in [2.24, 2.45) is 5.92 Å². The first-order valence-corrected chi connectivity index (χ1v) is 7.86. The van der Waals surface area contributed by atoms with Gasteiger partial charge in [0.15, 0.2) is 0 Å². The molecule has 2 nitrogen and oxygen atoms in total. The van der Waals surface area contributed by atoms with Crippen LogP contribution in [0.4, 0.5) is 0 Å². The van der Waals surface area contributed by atoms with Crippen molar-refractivity contribution in [3.8, 4) is 0 Å². The van der Waals surface area contributed by atoms with Crippen molar-refractivity contribution < 1.29 is 0 Å². The van der Waals surface area contributed by atoms with Crippen LogP contribution in [0.2, 0.25) is 5.02 Å². The van der Waals surface area contributed by atoms with Gasteiger partial charge in [-0.05, 0) is 43.0 Å². The van der Waals surface area contributed by atoms with Gasteiger partial charge in [0.05, 0.1) is 5.52 Å². The molecule has 0 radical (unpaired) electrons. The molecule has 104 valence electrons. The van der Waals surface area contributed by atoms with Gasteiger partial charge in [-0.3, -0.25) is 4.90 Å². The minimum absolute atomic E-state index is 0.809. The van der Waals surface area contributed by atoms with Gasteiger partial charge in [0.2, 0.25) is 0 Å². The van der Waals surface area contributed by atoms with Crippen molar-refractivity contribution in [2.75, 3.05) is 19.6 Å². The van der Waals surface area contributed by atoms with E-state index in [0.717, 1.165) is 23.9 Å². The summed E-state index contributed by atoms with van der Waals surface area (Å²) in [6, 6.07) is 8.28. The van der Waals surface area contributed by atoms with Gasteiger partial charge in [0, 0.05) is 48.4 Å². The summed E-state index contributed by atoms with van der Waals surface area (Å²) in [5, 5.41) is 2.03. The predicted octanol–water partition coefficient (Wildman–Crippen LogP) is 4.25. The Morgan fingerprint density at radius 3 is 2.85 bits per heavy atom. The molecule has 0 saturated heterocycles. The number of fused-ring (bicyclic) bond motifs is 1. The zero-order valence-electron chi connectivity index (χ0n) is 11.6. The van der Waals surface area contributed by atoms with Crippen LogP contribution < -0.4 is 0 Å². The Hall–Kier alpha value is -1.25. The quantitative estimate of drug-likeness (QED) is 0.819. The molecule has 1 saturated carbocycles. The molecule has 1 aliphatic carbocycles. The second-order valence-electron chi connectivity index (χ2n) is 6.04. The van der Waals surface area contributed by atoms with E-state index >= 15 is 0 Å². The van der Waals surface area contributed by atoms with E-state index in [0.29, 0.717) is 0 Å². The van der Waals surface area contributed by atoms with Gasteiger partial charge in [-0.1, -0.05) is 17.7 Å². The maximum Gasteiger partial charge on any atom is 0.0526 e. The third-order valence-corrected chi connectivity index (χ3v) is 4.68. The molecule has 0 atom stereocenters. The smallest absolute Gasteiger partial charge is 0.0526 e. The molecular weight excluding hydrogens is 268 g/mol. The van der Waals surface area contributed by atoms with E-state index in [2.05, 4.69) is 33.9 Å². The van der Waals surface area contributed by atoms with E-state index in [-0.39, 0.29) is 0 Å². The molecule has 2 aromatic rings. The fourth-order valence-corrected chi connectivity index (χ4v) is 3.30. The van der Waals surface area contributed by atoms with E-state index < -0.39 is 0 Å². The Morgan fingerprint density at radius 1 is 1.20 bits per heavy atom. The number of rotatable bonds is 3. The average Bonchev–Trinajstić information content (AvgIpc) is 3.17. The van der Waals surface area contributed by atoms with E-state index in [1.807, 2.05) is 12.1 Å². The first-order valence-electron chi connectivity index (χ1n) is 7.48. The standard InChI is InChI=1S/C17H19ClN2/c18-15-3-4-17-14(11-15)5-10-20(17)16-6-8-19(9-7-16)12-13-1-2-13/h3-6,10-11,13H,1-2,7-9,12H2. The molecular formula is C17H19ClN2. The van der Waals surface area contributed by atoms with Crippen LogP contribution in [0.5, 0.6) is 0 Å². The number of aromatic nitrogens is 1. The molecule has 1 aromatic heterocycles. The second-order valence-corrected chi connectivity index (χ2v) is 6.47. The van der Waals surface area contributed by atoms with Gasteiger partial charge in [-0.15, -0.1) is 0 Å². The number of benzene rings is 1. The van der Waals surface area contributed by atoms with Gasteiger partial charge in [0.25, 0.3) is 0 Å². The summed E-state index contributed by atoms with van der Waals surface area (Å²) >= 11 is 6.06. The van der Waals surface area contributed by atoms with Crippen LogP contribution in [0.1, 0.15) is 19.3 Å². The molecule has 0 unspecified atom stereocenters. The van der Waals surface area contributed by atoms with Gasteiger partial charge >= 0.3 is 0 Å². The molecule has 3 heteroatoms. The molecule has 2 aliphatic rings. The minimum atomic E-state index is 0.809. The largest absolute Gasteiger partial charge is 0.321 e. The van der Waals surface area contributed by atoms with E-state index in [9.17, 15) is 0 Å². The predicted molar refractivity (Wildman–Crippen MR) is 85.0 cm³/mol. The Kier molecular flexibility index (Phi) is 3.08. The van der Waals surface area contributed by atoms with Crippen LogP contribution in [0.15, 0.2) is 36.5 Å². The molecule has 0 spiro atoms. The molecule has 2 heterocycles. The number of halogens is 1. The normalized spacial score (nSPS) is 20.4. The Balaban J connectivity index is 1.58. The zero-order valence-corrected chi connectivity index (χ0v) is 12.3. The Bertz CT molecular complexity index is 667. The third-order valence-electron chi connectivity index (χ3n) is 4.44. The lowest BCUT2D eigenvalue weighted by Crippen LogP contribution is -2.31. The van der Waals surface area contributed by atoms with Crippen molar-refractivity contribution in [2.45, 2.75) is 19.3 Å². The third kappa shape index (κ3) is 2.38.